The molecule has 0 aliphatic rings. The minimum absolute atomic E-state index is 0.0235. The molecule has 2 rings (SSSR count). The van der Waals surface area contributed by atoms with Crippen molar-refractivity contribution < 1.29 is 18.3 Å². The van der Waals surface area contributed by atoms with E-state index in [1.165, 1.54) is 30.6 Å². The monoisotopic (exact) mass is 310 g/mol. The van der Waals surface area contributed by atoms with Crippen LogP contribution >= 0.6 is 0 Å². The van der Waals surface area contributed by atoms with Crippen molar-refractivity contribution in [2.24, 2.45) is 7.05 Å². The van der Waals surface area contributed by atoms with Crippen LogP contribution in [0.4, 0.5) is 0 Å². The third-order valence-corrected chi connectivity index (χ3v) is 4.23. The van der Waals surface area contributed by atoms with E-state index in [2.05, 4.69) is 14.9 Å². The summed E-state index contributed by atoms with van der Waals surface area (Å²) in [5.74, 6) is -0.480. The SMILES string of the molecule is Cn1cnnc1CNS(=O)(=O)c1ccc(CC(=O)O)cc1. The summed E-state index contributed by atoms with van der Waals surface area (Å²) >= 11 is 0. The van der Waals surface area contributed by atoms with Crippen molar-refractivity contribution in [1.29, 1.82) is 0 Å². The van der Waals surface area contributed by atoms with E-state index in [0.29, 0.717) is 11.4 Å². The van der Waals surface area contributed by atoms with Crippen molar-refractivity contribution >= 4 is 16.0 Å². The molecule has 0 aliphatic carbocycles. The lowest BCUT2D eigenvalue weighted by atomic mass is 10.2. The molecule has 1 aromatic carbocycles. The Morgan fingerprint density at radius 3 is 2.52 bits per heavy atom. The Hall–Kier alpha value is -2.26. The first-order chi connectivity index (χ1) is 9.88. The van der Waals surface area contributed by atoms with Gasteiger partial charge in [0.05, 0.1) is 17.9 Å². The van der Waals surface area contributed by atoms with Crippen LogP contribution in [0.3, 0.4) is 0 Å². The highest BCUT2D eigenvalue weighted by Crippen LogP contribution is 2.11. The molecule has 21 heavy (non-hydrogen) atoms. The molecule has 0 saturated carbocycles. The zero-order chi connectivity index (χ0) is 15.5. The summed E-state index contributed by atoms with van der Waals surface area (Å²) in [6, 6.07) is 5.70. The predicted octanol–water partition coefficient (Wildman–Crippen LogP) is -0.0793. The van der Waals surface area contributed by atoms with E-state index in [4.69, 9.17) is 5.11 Å². The van der Waals surface area contributed by atoms with Gasteiger partial charge in [-0.15, -0.1) is 10.2 Å². The zero-order valence-corrected chi connectivity index (χ0v) is 12.0. The van der Waals surface area contributed by atoms with Gasteiger partial charge in [0.15, 0.2) is 0 Å². The molecule has 0 unspecified atom stereocenters. The molecule has 0 saturated heterocycles. The minimum Gasteiger partial charge on any atom is -0.481 e. The molecule has 1 heterocycles. The van der Waals surface area contributed by atoms with Gasteiger partial charge >= 0.3 is 5.97 Å². The number of aliphatic carboxylic acids is 1. The van der Waals surface area contributed by atoms with Crippen LogP contribution in [0.5, 0.6) is 0 Å². The van der Waals surface area contributed by atoms with Gasteiger partial charge in [0.25, 0.3) is 0 Å². The minimum atomic E-state index is -3.68. The highest BCUT2D eigenvalue weighted by atomic mass is 32.2. The Balaban J connectivity index is 2.08. The number of nitrogens with zero attached hydrogens (tertiary/aromatic N) is 3. The molecule has 112 valence electrons. The van der Waals surface area contributed by atoms with Crippen molar-refractivity contribution in [2.75, 3.05) is 0 Å². The van der Waals surface area contributed by atoms with Gasteiger partial charge in [-0.3, -0.25) is 4.79 Å². The van der Waals surface area contributed by atoms with Gasteiger partial charge in [0, 0.05) is 7.05 Å². The van der Waals surface area contributed by atoms with Gasteiger partial charge in [-0.25, -0.2) is 13.1 Å². The largest absolute Gasteiger partial charge is 0.481 e. The average Bonchev–Trinajstić information content (AvgIpc) is 2.82. The van der Waals surface area contributed by atoms with Crippen LogP contribution in [-0.2, 0) is 34.8 Å². The number of carbonyl (C=O) groups is 1. The second-order valence-electron chi connectivity index (χ2n) is 4.40. The maximum absolute atomic E-state index is 12.1. The van der Waals surface area contributed by atoms with Gasteiger partial charge in [-0.2, -0.15) is 0 Å². The molecule has 9 heteroatoms. The lowest BCUT2D eigenvalue weighted by Gasteiger charge is -2.07. The van der Waals surface area contributed by atoms with E-state index in [1.807, 2.05) is 0 Å². The number of hydrogen-bond donors (Lipinski definition) is 2. The summed E-state index contributed by atoms with van der Waals surface area (Å²) in [6.45, 7) is 0.0235. The van der Waals surface area contributed by atoms with E-state index >= 15 is 0 Å². The van der Waals surface area contributed by atoms with Crippen LogP contribution in [0, 0.1) is 0 Å². The summed E-state index contributed by atoms with van der Waals surface area (Å²) in [5.41, 5.74) is 0.537. The first kappa shape index (κ1) is 15.1. The zero-order valence-electron chi connectivity index (χ0n) is 11.2. The summed E-state index contributed by atoms with van der Waals surface area (Å²) in [7, 11) is -1.96. The fraction of sp³-hybridized carbons (Fsp3) is 0.250. The Labute approximate surface area is 121 Å². The summed E-state index contributed by atoms with van der Waals surface area (Å²) in [6.07, 6.45) is 1.33. The third-order valence-electron chi connectivity index (χ3n) is 2.81. The maximum Gasteiger partial charge on any atom is 0.307 e. The predicted molar refractivity (Wildman–Crippen MR) is 72.8 cm³/mol. The summed E-state index contributed by atoms with van der Waals surface area (Å²) in [4.78, 5) is 10.6. The number of rotatable bonds is 6. The second kappa shape index (κ2) is 6.02. The highest BCUT2D eigenvalue weighted by Gasteiger charge is 2.15. The highest BCUT2D eigenvalue weighted by molar-refractivity contribution is 7.89. The number of carboxylic acids is 1. The average molecular weight is 310 g/mol. The fourth-order valence-corrected chi connectivity index (χ4v) is 2.65. The molecular formula is C12H14N4O4S. The van der Waals surface area contributed by atoms with E-state index in [-0.39, 0.29) is 17.9 Å². The Kier molecular flexibility index (Phi) is 4.34. The molecule has 0 aliphatic heterocycles. The molecule has 2 aromatic rings. The molecule has 0 spiro atoms. The number of sulfonamides is 1. The number of hydrogen-bond acceptors (Lipinski definition) is 5. The smallest absolute Gasteiger partial charge is 0.307 e. The summed E-state index contributed by atoms with van der Waals surface area (Å²) < 4.78 is 28.2. The Bertz CT molecular complexity index is 737. The van der Waals surface area contributed by atoms with Gasteiger partial charge in [0.1, 0.15) is 12.2 Å². The van der Waals surface area contributed by atoms with Crippen LogP contribution in [-0.4, -0.2) is 34.3 Å². The number of aryl methyl sites for hydroxylation is 1. The van der Waals surface area contributed by atoms with E-state index in [0.717, 1.165) is 0 Å². The lowest BCUT2D eigenvalue weighted by Crippen LogP contribution is -2.24. The van der Waals surface area contributed by atoms with Crippen molar-refractivity contribution in [2.45, 2.75) is 17.9 Å². The van der Waals surface area contributed by atoms with Crippen LogP contribution in [0.15, 0.2) is 35.5 Å². The molecular weight excluding hydrogens is 296 g/mol. The van der Waals surface area contributed by atoms with E-state index < -0.39 is 16.0 Å². The number of benzene rings is 1. The molecule has 0 fully saturated rings. The molecule has 0 amide bonds. The van der Waals surface area contributed by atoms with Gasteiger partial charge in [0.2, 0.25) is 10.0 Å². The van der Waals surface area contributed by atoms with Crippen molar-refractivity contribution in [1.82, 2.24) is 19.5 Å². The first-order valence-corrected chi connectivity index (χ1v) is 7.50. The third kappa shape index (κ3) is 3.86. The first-order valence-electron chi connectivity index (χ1n) is 6.02. The lowest BCUT2D eigenvalue weighted by molar-refractivity contribution is -0.136. The maximum atomic E-state index is 12.1. The fourth-order valence-electron chi connectivity index (χ4n) is 1.67. The molecule has 0 atom stereocenters. The Morgan fingerprint density at radius 1 is 1.33 bits per heavy atom. The second-order valence-corrected chi connectivity index (χ2v) is 6.16. The van der Waals surface area contributed by atoms with Crippen LogP contribution in [0.25, 0.3) is 0 Å². The van der Waals surface area contributed by atoms with E-state index in [1.54, 1.807) is 11.6 Å². The van der Waals surface area contributed by atoms with E-state index in [9.17, 15) is 13.2 Å². The molecule has 8 nitrogen and oxygen atoms in total. The molecule has 0 bridgehead atoms. The number of aromatic nitrogens is 3. The van der Waals surface area contributed by atoms with Crippen molar-refractivity contribution in [3.8, 4) is 0 Å². The molecule has 2 N–H and O–H groups in total. The van der Waals surface area contributed by atoms with Crippen LogP contribution in [0.1, 0.15) is 11.4 Å². The van der Waals surface area contributed by atoms with Gasteiger partial charge in [-0.05, 0) is 17.7 Å². The quantitative estimate of drug-likeness (QED) is 0.771. The molecule has 1 aromatic heterocycles. The van der Waals surface area contributed by atoms with Crippen molar-refractivity contribution in [3.63, 3.8) is 0 Å². The normalized spacial score (nSPS) is 11.5. The van der Waals surface area contributed by atoms with Gasteiger partial charge < -0.3 is 9.67 Å². The molecule has 0 radical (unpaired) electrons. The number of carboxylic acid groups (broad SMARTS) is 1. The standard InChI is InChI=1S/C12H14N4O4S/c1-16-8-13-15-11(16)7-14-21(19,20)10-4-2-9(3-5-10)6-12(17)18/h2-5,8,14H,6-7H2,1H3,(H,17,18). The Morgan fingerprint density at radius 2 is 2.00 bits per heavy atom. The topological polar surface area (TPSA) is 114 Å². The summed E-state index contributed by atoms with van der Waals surface area (Å²) in [5, 5.41) is 16.1. The van der Waals surface area contributed by atoms with Gasteiger partial charge in [-0.1, -0.05) is 12.1 Å². The van der Waals surface area contributed by atoms with Crippen LogP contribution < -0.4 is 4.72 Å². The van der Waals surface area contributed by atoms with Crippen molar-refractivity contribution in [3.05, 3.63) is 42.0 Å². The van der Waals surface area contributed by atoms with Crippen LogP contribution in [0.2, 0.25) is 0 Å². The number of nitrogens with one attached hydrogen (secondary N) is 1.